The molecule has 0 fully saturated rings. The van der Waals surface area contributed by atoms with Gasteiger partial charge in [-0.2, -0.15) is 0 Å². The first-order valence-corrected chi connectivity index (χ1v) is 7.24. The van der Waals surface area contributed by atoms with Gasteiger partial charge in [0, 0.05) is 22.1 Å². The number of halogens is 3. The Balaban J connectivity index is 2.42. The van der Waals surface area contributed by atoms with E-state index in [0.29, 0.717) is 16.0 Å². The summed E-state index contributed by atoms with van der Waals surface area (Å²) in [6, 6.07) is 9.73. The fourth-order valence-electron chi connectivity index (χ4n) is 1.65. The lowest BCUT2D eigenvalue weighted by atomic mass is 10.1. The van der Waals surface area contributed by atoms with Gasteiger partial charge in [0.1, 0.15) is 17.3 Å². The van der Waals surface area contributed by atoms with Crippen molar-refractivity contribution in [2.24, 2.45) is 5.73 Å². The van der Waals surface area contributed by atoms with Crippen LogP contribution in [0.25, 0.3) is 0 Å². The Morgan fingerprint density at radius 2 is 1.84 bits per heavy atom. The van der Waals surface area contributed by atoms with Crippen molar-refractivity contribution in [1.29, 1.82) is 0 Å². The van der Waals surface area contributed by atoms with Gasteiger partial charge in [-0.1, -0.05) is 22.0 Å². The van der Waals surface area contributed by atoms with E-state index in [2.05, 4.69) is 31.9 Å². The minimum atomic E-state index is -0.351. The van der Waals surface area contributed by atoms with E-state index < -0.39 is 0 Å². The van der Waals surface area contributed by atoms with Crippen LogP contribution in [0.5, 0.6) is 11.5 Å². The van der Waals surface area contributed by atoms with Crippen molar-refractivity contribution in [3.8, 4) is 11.5 Å². The van der Waals surface area contributed by atoms with E-state index in [9.17, 15) is 4.39 Å². The smallest absolute Gasteiger partial charge is 0.144 e. The highest BCUT2D eigenvalue weighted by Gasteiger charge is 2.12. The average molecular weight is 389 g/mol. The second kappa shape index (κ2) is 6.03. The lowest BCUT2D eigenvalue weighted by Crippen LogP contribution is -2.06. The minimum absolute atomic E-state index is 0.171. The summed E-state index contributed by atoms with van der Waals surface area (Å²) in [5.41, 5.74) is 6.77. The van der Waals surface area contributed by atoms with E-state index >= 15 is 0 Å². The molecular formula is C14H12Br2FNO. The number of hydrogen-bond donors (Lipinski definition) is 1. The Morgan fingerprint density at radius 3 is 2.53 bits per heavy atom. The van der Waals surface area contributed by atoms with E-state index in [-0.39, 0.29) is 11.9 Å². The normalized spacial score (nSPS) is 12.3. The highest BCUT2D eigenvalue weighted by Crippen LogP contribution is 2.35. The largest absolute Gasteiger partial charge is 0.456 e. The molecule has 0 spiro atoms. The zero-order chi connectivity index (χ0) is 14.0. The number of rotatable bonds is 3. The van der Waals surface area contributed by atoms with Gasteiger partial charge in [0.25, 0.3) is 0 Å². The van der Waals surface area contributed by atoms with Crippen LogP contribution < -0.4 is 10.5 Å². The van der Waals surface area contributed by atoms with Gasteiger partial charge in [0.05, 0.1) is 4.47 Å². The van der Waals surface area contributed by atoms with Crippen LogP contribution in [0.4, 0.5) is 4.39 Å². The molecule has 0 saturated heterocycles. The van der Waals surface area contributed by atoms with Gasteiger partial charge in [0.15, 0.2) is 0 Å². The molecule has 0 radical (unpaired) electrons. The Bertz CT molecular complexity index is 602. The molecule has 0 aromatic heterocycles. The van der Waals surface area contributed by atoms with Gasteiger partial charge < -0.3 is 10.5 Å². The van der Waals surface area contributed by atoms with E-state index in [0.717, 1.165) is 10.0 Å². The van der Waals surface area contributed by atoms with Gasteiger partial charge >= 0.3 is 0 Å². The molecule has 0 aliphatic rings. The standard InChI is InChI=1S/C14H12Br2FNO/c1-8(18)11-4-2-9(15)6-13(11)19-14-7-10(17)3-5-12(14)16/h2-8H,18H2,1H3. The summed E-state index contributed by atoms with van der Waals surface area (Å²) >= 11 is 6.72. The zero-order valence-electron chi connectivity index (χ0n) is 10.2. The highest BCUT2D eigenvalue weighted by molar-refractivity contribution is 9.10. The summed E-state index contributed by atoms with van der Waals surface area (Å²) in [5, 5.41) is 0. The number of benzene rings is 2. The lowest BCUT2D eigenvalue weighted by Gasteiger charge is -2.15. The third-order valence-corrected chi connectivity index (χ3v) is 3.73. The predicted octanol–water partition coefficient (Wildman–Crippen LogP) is 5.16. The van der Waals surface area contributed by atoms with Crippen molar-refractivity contribution in [3.63, 3.8) is 0 Å². The molecule has 2 N–H and O–H groups in total. The van der Waals surface area contributed by atoms with Gasteiger partial charge in [-0.05, 0) is 47.1 Å². The molecule has 5 heteroatoms. The van der Waals surface area contributed by atoms with Crippen molar-refractivity contribution >= 4 is 31.9 Å². The topological polar surface area (TPSA) is 35.2 Å². The van der Waals surface area contributed by atoms with Crippen LogP contribution >= 0.6 is 31.9 Å². The monoisotopic (exact) mass is 387 g/mol. The molecule has 0 amide bonds. The molecule has 2 aromatic rings. The Labute approximate surface area is 128 Å². The molecule has 19 heavy (non-hydrogen) atoms. The van der Waals surface area contributed by atoms with Gasteiger partial charge in [0.2, 0.25) is 0 Å². The molecular weight excluding hydrogens is 377 g/mol. The number of ether oxygens (including phenoxy) is 1. The first-order valence-electron chi connectivity index (χ1n) is 5.65. The van der Waals surface area contributed by atoms with Crippen LogP contribution in [-0.2, 0) is 0 Å². The van der Waals surface area contributed by atoms with Gasteiger partial charge in [-0.25, -0.2) is 4.39 Å². The number of nitrogens with two attached hydrogens (primary N) is 1. The first-order chi connectivity index (χ1) is 8.97. The van der Waals surface area contributed by atoms with Crippen LogP contribution in [0.15, 0.2) is 45.3 Å². The Hall–Kier alpha value is -0.910. The summed E-state index contributed by atoms with van der Waals surface area (Å²) in [5.74, 6) is 0.672. The summed E-state index contributed by atoms with van der Waals surface area (Å²) in [6.45, 7) is 1.87. The quantitative estimate of drug-likeness (QED) is 0.787. The summed E-state index contributed by atoms with van der Waals surface area (Å²) in [7, 11) is 0. The molecule has 0 aliphatic heterocycles. The number of hydrogen-bond acceptors (Lipinski definition) is 2. The first kappa shape index (κ1) is 14.5. The molecule has 2 nitrogen and oxygen atoms in total. The van der Waals surface area contributed by atoms with Crippen LogP contribution in [0.2, 0.25) is 0 Å². The maximum atomic E-state index is 13.3. The lowest BCUT2D eigenvalue weighted by molar-refractivity contribution is 0.463. The average Bonchev–Trinajstić information content (AvgIpc) is 2.33. The highest BCUT2D eigenvalue weighted by atomic mass is 79.9. The molecule has 2 aromatic carbocycles. The molecule has 0 saturated carbocycles. The summed E-state index contributed by atoms with van der Waals surface area (Å²) in [4.78, 5) is 0. The van der Waals surface area contributed by atoms with Crippen molar-refractivity contribution < 1.29 is 9.13 Å². The summed E-state index contributed by atoms with van der Waals surface area (Å²) in [6.07, 6.45) is 0. The van der Waals surface area contributed by atoms with Crippen LogP contribution in [-0.4, -0.2) is 0 Å². The van der Waals surface area contributed by atoms with Crippen molar-refractivity contribution in [3.05, 3.63) is 56.7 Å². The third kappa shape index (κ3) is 3.55. The SMILES string of the molecule is CC(N)c1ccc(Br)cc1Oc1cc(F)ccc1Br. The summed E-state index contributed by atoms with van der Waals surface area (Å²) < 4.78 is 20.6. The van der Waals surface area contributed by atoms with Crippen molar-refractivity contribution in [2.45, 2.75) is 13.0 Å². The van der Waals surface area contributed by atoms with Gasteiger partial charge in [-0.15, -0.1) is 0 Å². The van der Waals surface area contributed by atoms with E-state index in [4.69, 9.17) is 10.5 Å². The van der Waals surface area contributed by atoms with Crippen LogP contribution in [0.3, 0.4) is 0 Å². The van der Waals surface area contributed by atoms with Crippen LogP contribution in [0.1, 0.15) is 18.5 Å². The molecule has 0 heterocycles. The molecule has 1 unspecified atom stereocenters. The maximum Gasteiger partial charge on any atom is 0.144 e. The molecule has 100 valence electrons. The van der Waals surface area contributed by atoms with E-state index in [1.54, 1.807) is 6.07 Å². The molecule has 0 bridgehead atoms. The maximum absolute atomic E-state index is 13.3. The molecule has 1 atom stereocenters. The second-order valence-electron chi connectivity index (χ2n) is 4.15. The van der Waals surface area contributed by atoms with Gasteiger partial charge in [-0.3, -0.25) is 0 Å². The zero-order valence-corrected chi connectivity index (χ0v) is 13.3. The Morgan fingerprint density at radius 1 is 1.11 bits per heavy atom. The second-order valence-corrected chi connectivity index (χ2v) is 5.92. The fourth-order valence-corrected chi connectivity index (χ4v) is 2.31. The predicted molar refractivity (Wildman–Crippen MR) is 80.9 cm³/mol. The van der Waals surface area contributed by atoms with Crippen molar-refractivity contribution in [2.75, 3.05) is 0 Å². The third-order valence-electron chi connectivity index (χ3n) is 2.58. The van der Waals surface area contributed by atoms with E-state index in [1.807, 2.05) is 25.1 Å². The Kier molecular flexibility index (Phi) is 4.60. The molecule has 0 aliphatic carbocycles. The molecule has 2 rings (SSSR count). The van der Waals surface area contributed by atoms with Crippen LogP contribution in [0, 0.1) is 5.82 Å². The van der Waals surface area contributed by atoms with Crippen molar-refractivity contribution in [1.82, 2.24) is 0 Å². The fraction of sp³-hybridized carbons (Fsp3) is 0.143. The van der Waals surface area contributed by atoms with E-state index in [1.165, 1.54) is 12.1 Å². The minimum Gasteiger partial charge on any atom is -0.456 e.